The number of carbonyl (C=O) groups is 2. The summed E-state index contributed by atoms with van der Waals surface area (Å²) >= 11 is 1.67. The molecule has 1 N–H and O–H groups in total. The fourth-order valence-corrected chi connectivity index (χ4v) is 5.65. The van der Waals surface area contributed by atoms with Crippen molar-refractivity contribution in [3.63, 3.8) is 0 Å². The van der Waals surface area contributed by atoms with Gasteiger partial charge in [0.15, 0.2) is 5.78 Å². The summed E-state index contributed by atoms with van der Waals surface area (Å²) in [5.74, 6) is 0.944. The molecule has 0 bridgehead atoms. The fraction of sp³-hybridized carbons (Fsp3) is 0.394. The maximum Gasteiger partial charge on any atom is 0.252 e. The number of ketones is 1. The average Bonchev–Trinajstić information content (AvgIpc) is 2.96. The zero-order valence-corrected chi connectivity index (χ0v) is 24.0. The Hall–Kier alpha value is -2.93. The van der Waals surface area contributed by atoms with Crippen LogP contribution in [0.5, 0.6) is 0 Å². The molecule has 39 heavy (non-hydrogen) atoms. The summed E-state index contributed by atoms with van der Waals surface area (Å²) in [6, 6.07) is 23.9. The average molecular weight is 546 g/mol. The van der Waals surface area contributed by atoms with Gasteiger partial charge in [0.2, 0.25) is 0 Å². The van der Waals surface area contributed by atoms with Gasteiger partial charge in [-0.2, -0.15) is 11.8 Å². The monoisotopic (exact) mass is 545 g/mol. The maximum atomic E-state index is 13.5. The molecule has 0 saturated carbocycles. The molecule has 3 aromatic carbocycles. The van der Waals surface area contributed by atoms with Gasteiger partial charge in [0.05, 0.1) is 18.8 Å². The molecule has 2 atom stereocenters. The first-order chi connectivity index (χ1) is 19.0. The molecule has 1 aliphatic rings. The van der Waals surface area contributed by atoms with Crippen LogP contribution in [0, 0.1) is 12.8 Å². The Balaban J connectivity index is 1.61. The Kier molecular flexibility index (Phi) is 10.8. The van der Waals surface area contributed by atoms with Crippen LogP contribution in [0.25, 0.3) is 11.1 Å². The van der Waals surface area contributed by atoms with Crippen LogP contribution in [0.15, 0.2) is 72.8 Å². The van der Waals surface area contributed by atoms with Crippen molar-refractivity contribution in [2.24, 2.45) is 5.92 Å². The maximum absolute atomic E-state index is 13.5. The lowest BCUT2D eigenvalue weighted by Gasteiger charge is -2.31. The zero-order valence-electron chi connectivity index (χ0n) is 23.2. The van der Waals surface area contributed by atoms with Gasteiger partial charge in [-0.25, -0.2) is 0 Å². The molecule has 1 amide bonds. The normalized spacial score (nSPS) is 15.5. The fourth-order valence-electron chi connectivity index (χ4n) is 5.18. The largest absolute Gasteiger partial charge is 0.381 e. The number of thioether (sulfide) groups is 1. The highest BCUT2D eigenvalue weighted by Gasteiger charge is 2.27. The van der Waals surface area contributed by atoms with E-state index >= 15 is 0 Å². The highest BCUT2D eigenvalue weighted by atomic mass is 32.2. The summed E-state index contributed by atoms with van der Waals surface area (Å²) in [5.41, 5.74) is 5.67. The molecular formula is C33H39NO4S. The summed E-state index contributed by atoms with van der Waals surface area (Å²) in [4.78, 5) is 25.7. The van der Waals surface area contributed by atoms with Gasteiger partial charge < -0.3 is 14.8 Å². The number of aryl methyl sites for hydroxylation is 1. The van der Waals surface area contributed by atoms with Crippen molar-refractivity contribution in [3.05, 3.63) is 95.1 Å². The quantitative estimate of drug-likeness (QED) is 0.272. The lowest BCUT2D eigenvalue weighted by molar-refractivity contribution is -0.118. The van der Waals surface area contributed by atoms with Gasteiger partial charge in [-0.1, -0.05) is 60.7 Å². The van der Waals surface area contributed by atoms with Crippen LogP contribution in [0.2, 0.25) is 0 Å². The van der Waals surface area contributed by atoms with E-state index in [0.29, 0.717) is 24.5 Å². The molecule has 4 rings (SSSR count). The zero-order chi connectivity index (χ0) is 27.6. The standard InChI is InChI=1S/C33H39NO4S/c1-23-9-7-8-12-28(23)30-21-25(13-14-29(30)33(36)34-31(24(2)35)17-20-39-3)22-38-32(26-10-5-4-6-11-26)27-15-18-37-19-16-27/h4-14,21,27,31-32H,15-20,22H2,1-3H3,(H,34,36)/t31-,32?/m0/s1. The summed E-state index contributed by atoms with van der Waals surface area (Å²) in [5, 5.41) is 2.99. The van der Waals surface area contributed by atoms with E-state index in [4.69, 9.17) is 9.47 Å². The number of rotatable bonds is 12. The van der Waals surface area contributed by atoms with Crippen LogP contribution in [0.4, 0.5) is 0 Å². The predicted molar refractivity (Wildman–Crippen MR) is 159 cm³/mol. The molecule has 0 aromatic heterocycles. The number of benzene rings is 3. The van der Waals surface area contributed by atoms with Crippen molar-refractivity contribution in [2.45, 2.75) is 51.9 Å². The Bertz CT molecular complexity index is 1240. The lowest BCUT2D eigenvalue weighted by atomic mass is 9.89. The van der Waals surface area contributed by atoms with E-state index in [9.17, 15) is 9.59 Å². The van der Waals surface area contributed by atoms with E-state index in [1.165, 1.54) is 12.5 Å². The molecule has 5 nitrogen and oxygen atoms in total. The number of hydrogen-bond donors (Lipinski definition) is 1. The number of amides is 1. The number of carbonyl (C=O) groups excluding carboxylic acids is 2. The third kappa shape index (κ3) is 7.81. The molecule has 0 radical (unpaired) electrons. The van der Waals surface area contributed by atoms with E-state index in [1.54, 1.807) is 11.8 Å². The second-order valence-corrected chi connectivity index (χ2v) is 11.2. The third-order valence-corrected chi connectivity index (χ3v) is 8.07. The topological polar surface area (TPSA) is 64.6 Å². The van der Waals surface area contributed by atoms with Crippen molar-refractivity contribution in [1.29, 1.82) is 0 Å². The van der Waals surface area contributed by atoms with E-state index in [0.717, 1.165) is 54.1 Å². The Morgan fingerprint density at radius 2 is 1.72 bits per heavy atom. The molecule has 0 spiro atoms. The van der Waals surface area contributed by atoms with Gasteiger partial charge in [0.1, 0.15) is 0 Å². The molecule has 1 aliphatic heterocycles. The van der Waals surface area contributed by atoms with Gasteiger partial charge in [-0.3, -0.25) is 9.59 Å². The van der Waals surface area contributed by atoms with E-state index in [-0.39, 0.29) is 17.8 Å². The third-order valence-electron chi connectivity index (χ3n) is 7.42. The molecule has 1 heterocycles. The van der Waals surface area contributed by atoms with Crippen LogP contribution < -0.4 is 5.32 Å². The first-order valence-corrected chi connectivity index (χ1v) is 15.1. The van der Waals surface area contributed by atoms with Crippen molar-refractivity contribution >= 4 is 23.5 Å². The van der Waals surface area contributed by atoms with E-state index < -0.39 is 6.04 Å². The number of Topliss-reactive ketones (excluding diaryl/α,β-unsaturated/α-hetero) is 1. The number of hydrogen-bond acceptors (Lipinski definition) is 5. The summed E-state index contributed by atoms with van der Waals surface area (Å²) in [7, 11) is 0. The SMILES string of the molecule is CSCC[C@H](NC(=O)c1ccc(COC(c2ccccc2)C2CCOCC2)cc1-c1ccccc1C)C(C)=O. The molecule has 0 aliphatic carbocycles. The van der Waals surface area contributed by atoms with Crippen molar-refractivity contribution in [3.8, 4) is 11.1 Å². The number of ether oxygens (including phenoxy) is 2. The van der Waals surface area contributed by atoms with E-state index in [2.05, 4.69) is 35.6 Å². The smallest absolute Gasteiger partial charge is 0.252 e. The van der Waals surface area contributed by atoms with Crippen molar-refractivity contribution < 1.29 is 19.1 Å². The minimum Gasteiger partial charge on any atom is -0.381 e. The second kappa shape index (κ2) is 14.5. The minimum atomic E-state index is -0.496. The van der Waals surface area contributed by atoms with Crippen molar-refractivity contribution in [1.82, 2.24) is 5.32 Å². The van der Waals surface area contributed by atoms with Gasteiger partial charge in [-0.15, -0.1) is 0 Å². The molecule has 6 heteroatoms. The van der Waals surface area contributed by atoms with Gasteiger partial charge in [-0.05, 0) is 91.0 Å². The summed E-state index contributed by atoms with van der Waals surface area (Å²) in [6.07, 6.45) is 4.54. The molecular weight excluding hydrogens is 506 g/mol. The first-order valence-electron chi connectivity index (χ1n) is 13.7. The highest BCUT2D eigenvalue weighted by Crippen LogP contribution is 2.35. The van der Waals surface area contributed by atoms with Crippen LogP contribution in [0.1, 0.15) is 59.3 Å². The van der Waals surface area contributed by atoms with Gasteiger partial charge >= 0.3 is 0 Å². The Morgan fingerprint density at radius 1 is 1.00 bits per heavy atom. The molecule has 3 aromatic rings. The minimum absolute atomic E-state index is 0.0206. The van der Waals surface area contributed by atoms with Gasteiger partial charge in [0, 0.05) is 18.8 Å². The molecule has 206 valence electrons. The van der Waals surface area contributed by atoms with Gasteiger partial charge in [0.25, 0.3) is 5.91 Å². The van der Waals surface area contributed by atoms with Crippen LogP contribution >= 0.6 is 11.8 Å². The lowest BCUT2D eigenvalue weighted by Crippen LogP contribution is -2.40. The summed E-state index contributed by atoms with van der Waals surface area (Å²) in [6.45, 7) is 5.54. The molecule has 1 saturated heterocycles. The first kappa shape index (κ1) is 29.1. The van der Waals surface area contributed by atoms with Crippen LogP contribution in [-0.2, 0) is 20.9 Å². The second-order valence-electron chi connectivity index (χ2n) is 10.2. The number of nitrogens with one attached hydrogen (secondary N) is 1. The summed E-state index contributed by atoms with van der Waals surface area (Å²) < 4.78 is 12.2. The van der Waals surface area contributed by atoms with E-state index in [1.807, 2.05) is 55.6 Å². The van der Waals surface area contributed by atoms with Crippen molar-refractivity contribution in [2.75, 3.05) is 25.2 Å². The highest BCUT2D eigenvalue weighted by molar-refractivity contribution is 7.98. The Labute approximate surface area is 236 Å². The molecule has 1 unspecified atom stereocenters. The van der Waals surface area contributed by atoms with Crippen LogP contribution in [-0.4, -0.2) is 43.0 Å². The molecule has 1 fully saturated rings. The van der Waals surface area contributed by atoms with Crippen LogP contribution in [0.3, 0.4) is 0 Å². The predicted octanol–water partition coefficient (Wildman–Crippen LogP) is 6.79. The Morgan fingerprint density at radius 3 is 2.41 bits per heavy atom.